The standard InChI is InChI=1S/C20H22BrNO3/c1-4-14-7-6-8-15(5-2)18(14)22-19(23)13(3)25-20(24)16-9-11-17(21)12-10-16/h6-13H,4-5H2,1-3H3,(H,22,23)/t13-/m1/s1. The van der Waals surface area contributed by atoms with E-state index in [1.165, 1.54) is 0 Å². The predicted octanol–water partition coefficient (Wildman–Crippen LogP) is 4.76. The quantitative estimate of drug-likeness (QED) is 0.707. The van der Waals surface area contributed by atoms with Crippen molar-refractivity contribution in [1.82, 2.24) is 0 Å². The van der Waals surface area contributed by atoms with Crippen molar-refractivity contribution < 1.29 is 14.3 Å². The molecule has 0 fully saturated rings. The van der Waals surface area contributed by atoms with E-state index in [4.69, 9.17) is 4.74 Å². The second kappa shape index (κ2) is 8.81. The molecule has 1 atom stereocenters. The Kier molecular flexibility index (Phi) is 6.76. The largest absolute Gasteiger partial charge is 0.449 e. The zero-order valence-corrected chi connectivity index (χ0v) is 16.2. The number of esters is 1. The van der Waals surface area contributed by atoms with E-state index in [0.29, 0.717) is 5.56 Å². The Labute approximate surface area is 156 Å². The van der Waals surface area contributed by atoms with Crippen molar-refractivity contribution in [1.29, 1.82) is 0 Å². The van der Waals surface area contributed by atoms with Crippen LogP contribution in [0.25, 0.3) is 0 Å². The molecule has 0 radical (unpaired) electrons. The van der Waals surface area contributed by atoms with Gasteiger partial charge in [-0.05, 0) is 55.2 Å². The van der Waals surface area contributed by atoms with Gasteiger partial charge in [-0.25, -0.2) is 4.79 Å². The lowest BCUT2D eigenvalue weighted by Gasteiger charge is -2.18. The van der Waals surface area contributed by atoms with E-state index in [1.807, 2.05) is 32.0 Å². The van der Waals surface area contributed by atoms with Crippen LogP contribution in [-0.4, -0.2) is 18.0 Å². The topological polar surface area (TPSA) is 55.4 Å². The van der Waals surface area contributed by atoms with Crippen molar-refractivity contribution in [2.75, 3.05) is 5.32 Å². The summed E-state index contributed by atoms with van der Waals surface area (Å²) < 4.78 is 6.16. The van der Waals surface area contributed by atoms with E-state index in [1.54, 1.807) is 31.2 Å². The maximum absolute atomic E-state index is 12.5. The average Bonchev–Trinajstić information content (AvgIpc) is 2.62. The molecule has 132 valence electrons. The molecule has 1 N–H and O–H groups in total. The van der Waals surface area contributed by atoms with Crippen LogP contribution in [0.4, 0.5) is 5.69 Å². The Bertz CT molecular complexity index is 734. The van der Waals surface area contributed by atoms with Gasteiger partial charge in [0.1, 0.15) is 0 Å². The smallest absolute Gasteiger partial charge is 0.338 e. The van der Waals surface area contributed by atoms with Gasteiger partial charge in [-0.1, -0.05) is 48.0 Å². The van der Waals surface area contributed by atoms with E-state index < -0.39 is 12.1 Å². The number of carbonyl (C=O) groups is 2. The van der Waals surface area contributed by atoms with Crippen LogP contribution >= 0.6 is 15.9 Å². The minimum atomic E-state index is -0.884. The molecular formula is C20H22BrNO3. The highest BCUT2D eigenvalue weighted by molar-refractivity contribution is 9.10. The monoisotopic (exact) mass is 403 g/mol. The maximum Gasteiger partial charge on any atom is 0.338 e. The summed E-state index contributed by atoms with van der Waals surface area (Å²) in [5, 5.41) is 2.92. The van der Waals surface area contributed by atoms with Crippen molar-refractivity contribution in [3.05, 3.63) is 63.6 Å². The Balaban J connectivity index is 2.08. The molecule has 2 aromatic carbocycles. The summed E-state index contributed by atoms with van der Waals surface area (Å²) in [5.74, 6) is -0.851. The summed E-state index contributed by atoms with van der Waals surface area (Å²) in [5.41, 5.74) is 3.37. The first kappa shape index (κ1) is 19.2. The van der Waals surface area contributed by atoms with E-state index in [0.717, 1.165) is 34.1 Å². The van der Waals surface area contributed by atoms with Crippen molar-refractivity contribution >= 4 is 33.5 Å². The van der Waals surface area contributed by atoms with E-state index in [9.17, 15) is 9.59 Å². The van der Waals surface area contributed by atoms with Crippen LogP contribution in [0.15, 0.2) is 46.9 Å². The number of nitrogens with one attached hydrogen (secondary N) is 1. The number of aryl methyl sites for hydroxylation is 2. The van der Waals surface area contributed by atoms with Crippen molar-refractivity contribution in [2.45, 2.75) is 39.7 Å². The third-order valence-electron chi connectivity index (χ3n) is 3.98. The van der Waals surface area contributed by atoms with Crippen molar-refractivity contribution in [2.24, 2.45) is 0 Å². The Hall–Kier alpha value is -2.14. The first-order valence-electron chi connectivity index (χ1n) is 8.34. The zero-order chi connectivity index (χ0) is 18.4. The van der Waals surface area contributed by atoms with Gasteiger partial charge in [-0.2, -0.15) is 0 Å². The number of halogens is 1. The zero-order valence-electron chi connectivity index (χ0n) is 14.6. The number of hydrogen-bond acceptors (Lipinski definition) is 3. The molecular weight excluding hydrogens is 382 g/mol. The SMILES string of the molecule is CCc1cccc(CC)c1NC(=O)[C@@H](C)OC(=O)c1ccc(Br)cc1. The number of hydrogen-bond donors (Lipinski definition) is 1. The van der Waals surface area contributed by atoms with Gasteiger partial charge in [-0.3, -0.25) is 4.79 Å². The van der Waals surface area contributed by atoms with Gasteiger partial charge in [0, 0.05) is 10.2 Å². The van der Waals surface area contributed by atoms with Gasteiger partial charge in [0.2, 0.25) is 0 Å². The fraction of sp³-hybridized carbons (Fsp3) is 0.300. The summed E-state index contributed by atoms with van der Waals surface area (Å²) in [7, 11) is 0. The predicted molar refractivity (Wildman–Crippen MR) is 103 cm³/mol. The lowest BCUT2D eigenvalue weighted by molar-refractivity contribution is -0.123. The highest BCUT2D eigenvalue weighted by atomic mass is 79.9. The van der Waals surface area contributed by atoms with Crippen LogP contribution in [0.1, 0.15) is 42.3 Å². The molecule has 4 nitrogen and oxygen atoms in total. The molecule has 1 amide bonds. The lowest BCUT2D eigenvalue weighted by atomic mass is 10.0. The molecule has 2 aromatic rings. The Morgan fingerprint density at radius 3 is 2.12 bits per heavy atom. The molecule has 0 aliphatic rings. The fourth-order valence-electron chi connectivity index (χ4n) is 2.50. The minimum absolute atomic E-state index is 0.332. The number of para-hydroxylation sites is 1. The Morgan fingerprint density at radius 1 is 1.04 bits per heavy atom. The van der Waals surface area contributed by atoms with Crippen molar-refractivity contribution in [3.8, 4) is 0 Å². The van der Waals surface area contributed by atoms with E-state index in [-0.39, 0.29) is 5.91 Å². The van der Waals surface area contributed by atoms with Gasteiger partial charge in [-0.15, -0.1) is 0 Å². The number of rotatable bonds is 6. The van der Waals surface area contributed by atoms with Crippen LogP contribution in [-0.2, 0) is 22.4 Å². The summed E-state index contributed by atoms with van der Waals surface area (Å²) >= 11 is 3.32. The Morgan fingerprint density at radius 2 is 1.60 bits per heavy atom. The van der Waals surface area contributed by atoms with E-state index in [2.05, 4.69) is 21.2 Å². The van der Waals surface area contributed by atoms with Gasteiger partial charge in [0.25, 0.3) is 5.91 Å². The first-order valence-corrected chi connectivity index (χ1v) is 9.13. The fourth-order valence-corrected chi connectivity index (χ4v) is 2.76. The number of carbonyl (C=O) groups excluding carboxylic acids is 2. The number of ether oxygens (including phenoxy) is 1. The normalized spacial score (nSPS) is 11.7. The number of benzene rings is 2. The molecule has 5 heteroatoms. The summed E-state index contributed by atoms with van der Waals surface area (Å²) in [6, 6.07) is 12.8. The second-order valence-electron chi connectivity index (χ2n) is 5.70. The molecule has 0 unspecified atom stereocenters. The number of amides is 1. The van der Waals surface area contributed by atoms with Gasteiger partial charge >= 0.3 is 5.97 Å². The molecule has 0 bridgehead atoms. The van der Waals surface area contributed by atoms with Crippen LogP contribution < -0.4 is 5.32 Å². The van der Waals surface area contributed by atoms with Gasteiger partial charge < -0.3 is 10.1 Å². The number of anilines is 1. The van der Waals surface area contributed by atoms with Crippen LogP contribution in [0.5, 0.6) is 0 Å². The molecule has 0 aliphatic carbocycles. The van der Waals surface area contributed by atoms with Gasteiger partial charge in [0.15, 0.2) is 6.10 Å². The summed E-state index contributed by atoms with van der Waals surface area (Å²) in [6.07, 6.45) is 0.748. The van der Waals surface area contributed by atoms with Crippen LogP contribution in [0, 0.1) is 0 Å². The third kappa shape index (κ3) is 4.92. The molecule has 2 rings (SSSR count). The highest BCUT2D eigenvalue weighted by Gasteiger charge is 2.20. The average molecular weight is 404 g/mol. The maximum atomic E-state index is 12.5. The summed E-state index contributed by atoms with van der Waals surface area (Å²) in [6.45, 7) is 5.66. The summed E-state index contributed by atoms with van der Waals surface area (Å²) in [4.78, 5) is 24.6. The third-order valence-corrected chi connectivity index (χ3v) is 4.51. The molecule has 0 aliphatic heterocycles. The van der Waals surface area contributed by atoms with Gasteiger partial charge in [0.05, 0.1) is 5.56 Å². The molecule has 0 spiro atoms. The van der Waals surface area contributed by atoms with Crippen LogP contribution in [0.2, 0.25) is 0 Å². The van der Waals surface area contributed by atoms with Crippen LogP contribution in [0.3, 0.4) is 0 Å². The van der Waals surface area contributed by atoms with Crippen molar-refractivity contribution in [3.63, 3.8) is 0 Å². The molecule has 25 heavy (non-hydrogen) atoms. The minimum Gasteiger partial charge on any atom is -0.449 e. The lowest BCUT2D eigenvalue weighted by Crippen LogP contribution is -2.30. The molecule has 0 heterocycles. The molecule has 0 aromatic heterocycles. The molecule has 0 saturated heterocycles. The molecule has 0 saturated carbocycles. The second-order valence-corrected chi connectivity index (χ2v) is 6.62. The first-order chi connectivity index (χ1) is 12.0. The van der Waals surface area contributed by atoms with E-state index >= 15 is 0 Å². The highest BCUT2D eigenvalue weighted by Crippen LogP contribution is 2.23.